The van der Waals surface area contributed by atoms with E-state index in [9.17, 15) is 0 Å². The summed E-state index contributed by atoms with van der Waals surface area (Å²) >= 11 is 0. The number of rotatable bonds is 1. The molecule has 0 saturated carbocycles. The molecule has 0 atom stereocenters. The number of hydrogen-bond donors (Lipinski definition) is 1. The van der Waals surface area contributed by atoms with Gasteiger partial charge in [0.1, 0.15) is 0 Å². The summed E-state index contributed by atoms with van der Waals surface area (Å²) in [5.41, 5.74) is 10.5. The summed E-state index contributed by atoms with van der Waals surface area (Å²) in [7, 11) is 0. The number of nitrogens with two attached hydrogens (primary N) is 1. The molecule has 1 aliphatic rings. The van der Waals surface area contributed by atoms with Gasteiger partial charge in [0.05, 0.1) is 0 Å². The molecule has 1 aromatic carbocycles. The van der Waals surface area contributed by atoms with E-state index in [1.807, 2.05) is 18.2 Å². The van der Waals surface area contributed by atoms with Gasteiger partial charge in [-0.2, -0.15) is 0 Å². The maximum absolute atomic E-state index is 5.90. The summed E-state index contributed by atoms with van der Waals surface area (Å²) in [4.78, 5) is 0. The van der Waals surface area contributed by atoms with Gasteiger partial charge in [-0.15, -0.1) is 0 Å². The van der Waals surface area contributed by atoms with Crippen molar-refractivity contribution in [1.82, 2.24) is 0 Å². The molecule has 1 nitrogen and oxygen atoms in total. The van der Waals surface area contributed by atoms with Crippen molar-refractivity contribution in [1.29, 1.82) is 0 Å². The van der Waals surface area contributed by atoms with E-state index in [0.29, 0.717) is 0 Å². The third-order valence-corrected chi connectivity index (χ3v) is 2.56. The second-order valence-electron chi connectivity index (χ2n) is 3.79. The first kappa shape index (κ1) is 9.78. The summed E-state index contributed by atoms with van der Waals surface area (Å²) in [6, 6.07) is 10.4. The van der Waals surface area contributed by atoms with E-state index in [-0.39, 0.29) is 0 Å². The average molecular weight is 197 g/mol. The van der Waals surface area contributed by atoms with E-state index >= 15 is 0 Å². The molecule has 0 unspecified atom stereocenters. The Morgan fingerprint density at radius 2 is 1.87 bits per heavy atom. The van der Waals surface area contributed by atoms with Gasteiger partial charge in [-0.25, -0.2) is 0 Å². The third-order valence-electron chi connectivity index (χ3n) is 2.56. The zero-order valence-electron chi connectivity index (χ0n) is 8.90. The third kappa shape index (κ3) is 2.18. The van der Waals surface area contributed by atoms with Crippen LogP contribution in [0.4, 0.5) is 0 Å². The van der Waals surface area contributed by atoms with Crippen LogP contribution in [0.25, 0.3) is 5.57 Å². The lowest BCUT2D eigenvalue weighted by atomic mass is 10.0. The lowest BCUT2D eigenvalue weighted by Crippen LogP contribution is -1.95. The molecule has 0 amide bonds. The second kappa shape index (κ2) is 4.18. The minimum atomic E-state index is 0.841. The van der Waals surface area contributed by atoms with Gasteiger partial charge >= 0.3 is 0 Å². The van der Waals surface area contributed by atoms with Crippen LogP contribution in [0.3, 0.4) is 0 Å². The Morgan fingerprint density at radius 1 is 1.13 bits per heavy atom. The van der Waals surface area contributed by atoms with Crippen LogP contribution in [0, 0.1) is 0 Å². The zero-order valence-corrected chi connectivity index (χ0v) is 8.90. The fraction of sp³-hybridized carbons (Fsp3) is 0.143. The molecule has 0 fully saturated rings. The highest BCUT2D eigenvalue weighted by Crippen LogP contribution is 2.24. The molecule has 0 heterocycles. The van der Waals surface area contributed by atoms with Gasteiger partial charge in [0.2, 0.25) is 0 Å². The van der Waals surface area contributed by atoms with E-state index in [0.717, 1.165) is 12.1 Å². The summed E-state index contributed by atoms with van der Waals surface area (Å²) in [5.74, 6) is 0. The molecule has 1 aromatic rings. The molecule has 76 valence electrons. The normalized spacial score (nSPS) is 16.2. The average Bonchev–Trinajstić information content (AvgIpc) is 2.42. The largest absolute Gasteiger partial charge is 0.402 e. The van der Waals surface area contributed by atoms with Gasteiger partial charge < -0.3 is 5.73 Å². The lowest BCUT2D eigenvalue weighted by Gasteiger charge is -2.05. The van der Waals surface area contributed by atoms with Crippen molar-refractivity contribution in [3.63, 3.8) is 0 Å². The van der Waals surface area contributed by atoms with Gasteiger partial charge in [-0.05, 0) is 29.7 Å². The molecule has 2 rings (SSSR count). The minimum Gasteiger partial charge on any atom is -0.402 e. The van der Waals surface area contributed by atoms with E-state index in [4.69, 9.17) is 5.73 Å². The van der Waals surface area contributed by atoms with Crippen molar-refractivity contribution in [2.24, 2.45) is 5.73 Å². The number of benzene rings is 1. The van der Waals surface area contributed by atoms with E-state index in [1.54, 1.807) is 0 Å². The molecular weight excluding hydrogens is 182 g/mol. The van der Waals surface area contributed by atoms with Crippen molar-refractivity contribution < 1.29 is 0 Å². The van der Waals surface area contributed by atoms with E-state index in [1.165, 1.54) is 16.7 Å². The summed E-state index contributed by atoms with van der Waals surface area (Å²) < 4.78 is 0. The van der Waals surface area contributed by atoms with Crippen LogP contribution >= 0.6 is 0 Å². The highest BCUT2D eigenvalue weighted by atomic mass is 14.6. The highest BCUT2D eigenvalue weighted by molar-refractivity contribution is 5.79. The molecule has 0 bridgehead atoms. The fourth-order valence-corrected chi connectivity index (χ4v) is 1.75. The first-order valence-corrected chi connectivity index (χ1v) is 5.16. The monoisotopic (exact) mass is 197 g/mol. The predicted molar refractivity (Wildman–Crippen MR) is 65.1 cm³/mol. The Labute approximate surface area is 90.6 Å². The predicted octanol–water partition coefficient (Wildman–Crippen LogP) is 3.26. The van der Waals surface area contributed by atoms with Crippen LogP contribution in [0.5, 0.6) is 0 Å². The van der Waals surface area contributed by atoms with E-state index < -0.39 is 0 Å². The Bertz CT molecular complexity index is 436. The van der Waals surface area contributed by atoms with Gasteiger partial charge in [0.25, 0.3) is 0 Å². The Morgan fingerprint density at radius 3 is 2.60 bits per heavy atom. The molecule has 0 spiro atoms. The second-order valence-corrected chi connectivity index (χ2v) is 3.79. The van der Waals surface area contributed by atoms with Gasteiger partial charge in [-0.1, -0.05) is 42.5 Å². The summed E-state index contributed by atoms with van der Waals surface area (Å²) in [5, 5.41) is 0. The molecule has 1 heteroatoms. The van der Waals surface area contributed by atoms with Crippen molar-refractivity contribution in [2.75, 3.05) is 0 Å². The quantitative estimate of drug-likeness (QED) is 0.734. The zero-order chi connectivity index (χ0) is 10.7. The van der Waals surface area contributed by atoms with Crippen molar-refractivity contribution >= 4 is 5.57 Å². The van der Waals surface area contributed by atoms with Gasteiger partial charge in [0.15, 0.2) is 0 Å². The molecule has 2 N–H and O–H groups in total. The fourth-order valence-electron chi connectivity index (χ4n) is 1.75. The van der Waals surface area contributed by atoms with Crippen molar-refractivity contribution in [3.05, 3.63) is 65.4 Å². The SMILES string of the molecule is CC1=C(c2ccccc2)C=C(N)CC=C1. The number of hydrogen-bond acceptors (Lipinski definition) is 1. The van der Waals surface area contributed by atoms with Crippen molar-refractivity contribution in [3.8, 4) is 0 Å². The molecule has 0 saturated heterocycles. The first-order chi connectivity index (χ1) is 7.27. The molecule has 0 aromatic heterocycles. The van der Waals surface area contributed by atoms with Crippen LogP contribution < -0.4 is 5.73 Å². The Hall–Kier alpha value is -1.76. The van der Waals surface area contributed by atoms with Crippen LogP contribution in [0.2, 0.25) is 0 Å². The standard InChI is InChI=1S/C14H15N/c1-11-6-5-9-13(15)10-14(11)12-7-3-2-4-8-12/h2-8,10H,9,15H2,1H3. The molecular formula is C14H15N. The first-order valence-electron chi connectivity index (χ1n) is 5.16. The van der Waals surface area contributed by atoms with Crippen LogP contribution in [-0.4, -0.2) is 0 Å². The summed E-state index contributed by atoms with van der Waals surface area (Å²) in [6.07, 6.45) is 7.16. The molecule has 0 aliphatic heterocycles. The van der Waals surface area contributed by atoms with Gasteiger partial charge in [0, 0.05) is 12.1 Å². The van der Waals surface area contributed by atoms with Crippen LogP contribution in [-0.2, 0) is 0 Å². The lowest BCUT2D eigenvalue weighted by molar-refractivity contribution is 1.17. The minimum absolute atomic E-state index is 0.841. The smallest absolute Gasteiger partial charge is 0.0125 e. The molecule has 1 aliphatic carbocycles. The molecule has 15 heavy (non-hydrogen) atoms. The summed E-state index contributed by atoms with van der Waals surface area (Å²) in [6.45, 7) is 2.12. The van der Waals surface area contributed by atoms with Gasteiger partial charge in [-0.3, -0.25) is 0 Å². The molecule has 0 radical (unpaired) electrons. The van der Waals surface area contributed by atoms with Crippen molar-refractivity contribution in [2.45, 2.75) is 13.3 Å². The highest BCUT2D eigenvalue weighted by Gasteiger charge is 2.04. The van der Waals surface area contributed by atoms with Crippen LogP contribution in [0.1, 0.15) is 18.9 Å². The Balaban J connectivity index is 2.51. The van der Waals surface area contributed by atoms with Crippen LogP contribution in [0.15, 0.2) is 59.8 Å². The number of allylic oxidation sites excluding steroid dienone is 5. The maximum Gasteiger partial charge on any atom is 0.0125 e. The Kier molecular flexibility index (Phi) is 2.72. The van der Waals surface area contributed by atoms with E-state index in [2.05, 4.69) is 37.3 Å². The topological polar surface area (TPSA) is 26.0 Å². The maximum atomic E-state index is 5.90.